The summed E-state index contributed by atoms with van der Waals surface area (Å²) >= 11 is 0. The Morgan fingerprint density at radius 3 is 2.50 bits per heavy atom. The molecule has 0 saturated heterocycles. The second-order valence-electron chi connectivity index (χ2n) is 11.1. The van der Waals surface area contributed by atoms with Crippen molar-refractivity contribution in [1.29, 1.82) is 5.26 Å². The van der Waals surface area contributed by atoms with Crippen molar-refractivity contribution < 1.29 is 14.6 Å². The van der Waals surface area contributed by atoms with Gasteiger partial charge in [-0.2, -0.15) is 10.4 Å². The molecular weight excluding hydrogens is 528 g/mol. The van der Waals surface area contributed by atoms with Gasteiger partial charge in [0.1, 0.15) is 5.65 Å². The van der Waals surface area contributed by atoms with Crippen LogP contribution >= 0.6 is 0 Å². The minimum atomic E-state index is -0.925. The molecule has 1 aliphatic rings. The highest BCUT2D eigenvalue weighted by atomic mass is 16.5. The maximum absolute atomic E-state index is 14.3. The normalized spacial score (nSPS) is 17.6. The summed E-state index contributed by atoms with van der Waals surface area (Å²) in [5.41, 5.74) is 6.07. The van der Waals surface area contributed by atoms with Gasteiger partial charge in [0.15, 0.2) is 6.10 Å². The van der Waals surface area contributed by atoms with Gasteiger partial charge in [-0.15, -0.1) is 0 Å². The lowest BCUT2D eigenvalue weighted by molar-refractivity contribution is -0.156. The monoisotopic (exact) mass is 566 g/mol. The molecule has 8 nitrogen and oxygen atoms in total. The van der Waals surface area contributed by atoms with Gasteiger partial charge in [-0.05, 0) is 67.7 Å². The smallest absolute Gasteiger partial charge is 0.332 e. The number of nitrogens with zero attached hydrogens (tertiary/aromatic N) is 4. The minimum absolute atomic E-state index is 0.00899. The molecule has 1 saturated carbocycles. The van der Waals surface area contributed by atoms with Crippen LogP contribution < -0.4 is 5.56 Å². The van der Waals surface area contributed by atoms with Crippen LogP contribution in [-0.4, -0.2) is 37.5 Å². The van der Waals surface area contributed by atoms with E-state index in [1.54, 1.807) is 6.20 Å². The number of rotatable bonds is 11. The van der Waals surface area contributed by atoms with Crippen LogP contribution in [0.4, 0.5) is 0 Å². The molecule has 0 aliphatic heterocycles. The van der Waals surface area contributed by atoms with E-state index in [-0.39, 0.29) is 17.7 Å². The van der Waals surface area contributed by atoms with Gasteiger partial charge in [-0.3, -0.25) is 9.36 Å². The third-order valence-corrected chi connectivity index (χ3v) is 8.42. The zero-order valence-electron chi connectivity index (χ0n) is 24.3. The fourth-order valence-electron chi connectivity index (χ4n) is 6.16. The van der Waals surface area contributed by atoms with Crippen molar-refractivity contribution in [3.8, 4) is 17.2 Å². The molecule has 1 N–H and O–H groups in total. The van der Waals surface area contributed by atoms with Gasteiger partial charge >= 0.3 is 5.97 Å². The van der Waals surface area contributed by atoms with Gasteiger partial charge in [0.2, 0.25) is 0 Å². The number of fused-ring (bicyclic) bond motifs is 1. The third kappa shape index (κ3) is 6.02. The van der Waals surface area contributed by atoms with Crippen LogP contribution in [0.5, 0.6) is 0 Å². The summed E-state index contributed by atoms with van der Waals surface area (Å²) < 4.78 is 9.75. The van der Waals surface area contributed by atoms with E-state index in [1.165, 1.54) is 0 Å². The Hall–Kier alpha value is -4.22. The number of ether oxygens (including phenoxy) is 1. The molecule has 1 unspecified atom stereocenters. The maximum atomic E-state index is 14.3. The van der Waals surface area contributed by atoms with E-state index in [0.29, 0.717) is 31.2 Å². The summed E-state index contributed by atoms with van der Waals surface area (Å²) in [6.07, 6.45) is 7.40. The van der Waals surface area contributed by atoms with Crippen LogP contribution in [0.3, 0.4) is 0 Å². The van der Waals surface area contributed by atoms with E-state index in [4.69, 9.17) is 4.74 Å². The number of hydrogen-bond donors (Lipinski definition) is 1. The van der Waals surface area contributed by atoms with Crippen LogP contribution in [0.15, 0.2) is 65.6 Å². The van der Waals surface area contributed by atoms with Crippen molar-refractivity contribution >= 4 is 11.6 Å². The van der Waals surface area contributed by atoms with Crippen molar-refractivity contribution in [2.24, 2.45) is 0 Å². The molecular formula is C34H38N4O4. The van der Waals surface area contributed by atoms with E-state index < -0.39 is 12.1 Å². The van der Waals surface area contributed by atoms with E-state index in [9.17, 15) is 20.0 Å². The summed E-state index contributed by atoms with van der Waals surface area (Å²) in [5, 5.41) is 23.6. The average Bonchev–Trinajstić information content (AvgIpc) is 3.50. The number of aromatic nitrogens is 3. The number of unbranched alkanes of at least 4 members (excludes halogenated alkanes) is 1. The molecule has 2 heterocycles. The second kappa shape index (κ2) is 13.2. The maximum Gasteiger partial charge on any atom is 0.332 e. The standard InChI is InChI=1S/C34H38N4O4/c1-3-5-10-30-29(21-23-11-13-24(14-12-23)28-9-7-6-8-25(28)22-35)33(39)37(32-19-20-36-38(30)32)26-15-17-27(18-16-26)42-31(4-2)34(40)41/h6-9,11-14,19-20,26-27,31H,3-5,10,15-18,21H2,1-2H3,(H,40,41)/t26-,27-,31?. The molecule has 0 bridgehead atoms. The van der Waals surface area contributed by atoms with Gasteiger partial charge in [-0.25, -0.2) is 9.31 Å². The first kappa shape index (κ1) is 29.3. The van der Waals surface area contributed by atoms with E-state index in [2.05, 4.69) is 18.1 Å². The zero-order chi connectivity index (χ0) is 29.6. The van der Waals surface area contributed by atoms with Gasteiger partial charge in [-0.1, -0.05) is 62.7 Å². The van der Waals surface area contributed by atoms with Crippen LogP contribution in [0, 0.1) is 11.3 Å². The molecule has 4 aromatic rings. The number of aliphatic carboxylic acids is 1. The predicted octanol–water partition coefficient (Wildman–Crippen LogP) is 6.33. The van der Waals surface area contributed by atoms with Gasteiger partial charge in [0.25, 0.3) is 5.56 Å². The fraction of sp³-hybridized carbons (Fsp3) is 0.412. The number of aryl methyl sites for hydroxylation is 1. The lowest BCUT2D eigenvalue weighted by Gasteiger charge is -2.32. The molecule has 5 rings (SSSR count). The molecule has 1 atom stereocenters. The quantitative estimate of drug-likeness (QED) is 0.227. The largest absolute Gasteiger partial charge is 0.479 e. The molecule has 2 aromatic carbocycles. The van der Waals surface area contributed by atoms with E-state index >= 15 is 0 Å². The first-order valence-corrected chi connectivity index (χ1v) is 15.0. The Kier molecular flexibility index (Phi) is 9.19. The fourth-order valence-corrected chi connectivity index (χ4v) is 6.16. The predicted molar refractivity (Wildman–Crippen MR) is 162 cm³/mol. The van der Waals surface area contributed by atoms with Gasteiger partial charge in [0, 0.05) is 24.1 Å². The number of carbonyl (C=O) groups is 1. The topological polar surface area (TPSA) is 110 Å². The Labute approximate surface area is 246 Å². The van der Waals surface area contributed by atoms with Crippen molar-refractivity contribution in [2.75, 3.05) is 0 Å². The highest BCUT2D eigenvalue weighted by molar-refractivity contribution is 5.72. The van der Waals surface area contributed by atoms with Crippen molar-refractivity contribution in [1.82, 2.24) is 14.2 Å². The van der Waals surface area contributed by atoms with Gasteiger partial charge in [0.05, 0.1) is 29.6 Å². The van der Waals surface area contributed by atoms with E-state index in [0.717, 1.165) is 65.7 Å². The Morgan fingerprint density at radius 2 is 1.83 bits per heavy atom. The summed E-state index contributed by atoms with van der Waals surface area (Å²) in [5.74, 6) is -0.925. The van der Waals surface area contributed by atoms with Crippen LogP contribution in [0.2, 0.25) is 0 Å². The highest BCUT2D eigenvalue weighted by Crippen LogP contribution is 2.32. The lowest BCUT2D eigenvalue weighted by Crippen LogP contribution is -2.36. The third-order valence-electron chi connectivity index (χ3n) is 8.42. The molecule has 8 heteroatoms. The highest BCUT2D eigenvalue weighted by Gasteiger charge is 2.30. The molecule has 218 valence electrons. The van der Waals surface area contributed by atoms with Crippen LogP contribution in [0.1, 0.15) is 87.2 Å². The zero-order valence-corrected chi connectivity index (χ0v) is 24.3. The molecule has 1 fully saturated rings. The lowest BCUT2D eigenvalue weighted by atomic mass is 9.92. The number of nitriles is 1. The number of carboxylic acid groups (broad SMARTS) is 1. The average molecular weight is 567 g/mol. The van der Waals surface area contributed by atoms with E-state index in [1.807, 2.05) is 70.6 Å². The number of carboxylic acids is 1. The minimum Gasteiger partial charge on any atom is -0.479 e. The molecule has 0 amide bonds. The first-order chi connectivity index (χ1) is 20.4. The second-order valence-corrected chi connectivity index (χ2v) is 11.1. The number of hydrogen-bond acceptors (Lipinski definition) is 5. The molecule has 1 aliphatic carbocycles. The molecule has 0 spiro atoms. The van der Waals surface area contributed by atoms with Crippen LogP contribution in [-0.2, 0) is 22.4 Å². The summed E-state index contributed by atoms with van der Waals surface area (Å²) in [7, 11) is 0. The summed E-state index contributed by atoms with van der Waals surface area (Å²) in [6, 6.07) is 19.9. The number of benzene rings is 2. The van der Waals surface area contributed by atoms with Crippen molar-refractivity contribution in [3.05, 3.63) is 93.5 Å². The Balaban J connectivity index is 1.47. The summed E-state index contributed by atoms with van der Waals surface area (Å²) in [6.45, 7) is 3.97. The Morgan fingerprint density at radius 1 is 1.10 bits per heavy atom. The molecule has 2 aromatic heterocycles. The van der Waals surface area contributed by atoms with Crippen molar-refractivity contribution in [2.45, 2.75) is 89.9 Å². The van der Waals surface area contributed by atoms with Crippen molar-refractivity contribution in [3.63, 3.8) is 0 Å². The molecule has 42 heavy (non-hydrogen) atoms. The van der Waals surface area contributed by atoms with Gasteiger partial charge < -0.3 is 9.84 Å². The molecule has 0 radical (unpaired) electrons. The van der Waals surface area contributed by atoms with Crippen LogP contribution in [0.25, 0.3) is 16.8 Å². The SMILES string of the molecule is CCCCc1c(Cc2ccc(-c3ccccc3C#N)cc2)c(=O)n([C@H]2CC[C@H](OC(CC)C(=O)O)CC2)c2ccnn12. The summed E-state index contributed by atoms with van der Waals surface area (Å²) in [4.78, 5) is 25.8. The Bertz CT molecular complexity index is 1640. The first-order valence-electron chi connectivity index (χ1n) is 15.0.